The molecule has 0 bridgehead atoms. The summed E-state index contributed by atoms with van der Waals surface area (Å²) in [6, 6.07) is 4.44. The maximum absolute atomic E-state index is 13.4. The lowest BCUT2D eigenvalue weighted by Gasteiger charge is -2.22. The monoisotopic (exact) mass is 291 g/mol. The van der Waals surface area contributed by atoms with Crippen LogP contribution in [0.3, 0.4) is 0 Å². The molecule has 0 amide bonds. The van der Waals surface area contributed by atoms with Crippen LogP contribution >= 0.6 is 11.6 Å². The fourth-order valence-electron chi connectivity index (χ4n) is 2.47. The molecule has 1 aromatic rings. The maximum atomic E-state index is 13.4. The van der Waals surface area contributed by atoms with Gasteiger partial charge in [0.05, 0.1) is 16.5 Å². The van der Waals surface area contributed by atoms with E-state index in [0.29, 0.717) is 6.42 Å². The summed E-state index contributed by atoms with van der Waals surface area (Å²) in [5.41, 5.74) is 0.738. The average molecular weight is 292 g/mol. The van der Waals surface area contributed by atoms with Gasteiger partial charge < -0.3 is 5.32 Å². The van der Waals surface area contributed by atoms with Gasteiger partial charge in [-0.05, 0) is 37.1 Å². The van der Waals surface area contributed by atoms with E-state index < -0.39 is 15.7 Å². The van der Waals surface area contributed by atoms with E-state index in [2.05, 4.69) is 5.32 Å². The second kappa shape index (κ2) is 5.15. The molecule has 3 nitrogen and oxygen atoms in total. The number of halogens is 2. The normalized spacial score (nSPS) is 24.1. The summed E-state index contributed by atoms with van der Waals surface area (Å²) in [6.07, 6.45) is 0.609. The van der Waals surface area contributed by atoms with Crippen LogP contribution in [-0.4, -0.2) is 27.0 Å². The van der Waals surface area contributed by atoms with Gasteiger partial charge in [0.25, 0.3) is 0 Å². The van der Waals surface area contributed by atoms with E-state index in [4.69, 9.17) is 11.6 Å². The number of nitrogens with one attached hydrogen (secondary N) is 1. The Labute approximate surface area is 111 Å². The van der Waals surface area contributed by atoms with Gasteiger partial charge in [-0.1, -0.05) is 17.7 Å². The predicted molar refractivity (Wildman–Crippen MR) is 70.0 cm³/mol. The Morgan fingerprint density at radius 1 is 1.50 bits per heavy atom. The van der Waals surface area contributed by atoms with E-state index in [1.165, 1.54) is 12.1 Å². The van der Waals surface area contributed by atoms with Gasteiger partial charge >= 0.3 is 0 Å². The molecule has 0 aliphatic carbocycles. The first-order valence-corrected chi connectivity index (χ1v) is 7.95. The van der Waals surface area contributed by atoms with Crippen molar-refractivity contribution in [3.8, 4) is 0 Å². The zero-order valence-corrected chi connectivity index (χ0v) is 11.6. The predicted octanol–water partition coefficient (Wildman–Crippen LogP) is 2.17. The molecule has 100 valence electrons. The van der Waals surface area contributed by atoms with Crippen molar-refractivity contribution in [2.45, 2.75) is 12.5 Å². The molecule has 1 N–H and O–H groups in total. The molecule has 1 fully saturated rings. The zero-order chi connectivity index (χ0) is 13.3. The lowest BCUT2D eigenvalue weighted by Crippen LogP contribution is -2.26. The van der Waals surface area contributed by atoms with Gasteiger partial charge in [0.15, 0.2) is 9.84 Å². The highest BCUT2D eigenvalue weighted by atomic mass is 35.5. The molecule has 1 saturated heterocycles. The third kappa shape index (κ3) is 2.84. The highest BCUT2D eigenvalue weighted by molar-refractivity contribution is 7.91. The lowest BCUT2D eigenvalue weighted by atomic mass is 9.92. The van der Waals surface area contributed by atoms with Crippen LogP contribution in [-0.2, 0) is 9.84 Å². The van der Waals surface area contributed by atoms with Crippen molar-refractivity contribution in [3.05, 3.63) is 34.6 Å². The van der Waals surface area contributed by atoms with Crippen LogP contribution in [0.4, 0.5) is 4.39 Å². The van der Waals surface area contributed by atoms with Crippen molar-refractivity contribution in [1.29, 1.82) is 0 Å². The molecule has 6 heteroatoms. The summed E-state index contributed by atoms with van der Waals surface area (Å²) in [7, 11) is -1.18. The Kier molecular flexibility index (Phi) is 3.94. The molecule has 0 spiro atoms. The Bertz CT molecular complexity index is 547. The molecular weight excluding hydrogens is 277 g/mol. The summed E-state index contributed by atoms with van der Waals surface area (Å²) >= 11 is 5.64. The summed E-state index contributed by atoms with van der Waals surface area (Å²) in [6.45, 7) is 0. The summed E-state index contributed by atoms with van der Waals surface area (Å²) < 4.78 is 36.4. The fraction of sp³-hybridized carbons (Fsp3) is 0.500. The highest BCUT2D eigenvalue weighted by Gasteiger charge is 2.33. The van der Waals surface area contributed by atoms with E-state index in [9.17, 15) is 12.8 Å². The molecule has 1 aliphatic heterocycles. The van der Waals surface area contributed by atoms with Gasteiger partial charge in [0.2, 0.25) is 0 Å². The molecule has 18 heavy (non-hydrogen) atoms. The molecule has 0 saturated carbocycles. The molecule has 0 radical (unpaired) electrons. The molecular formula is C12H15ClFNO2S. The minimum absolute atomic E-state index is 0.0134. The third-order valence-electron chi connectivity index (χ3n) is 3.35. The van der Waals surface area contributed by atoms with Crippen molar-refractivity contribution in [1.82, 2.24) is 5.32 Å². The van der Waals surface area contributed by atoms with Crippen molar-refractivity contribution < 1.29 is 12.8 Å². The van der Waals surface area contributed by atoms with Gasteiger partial charge in [0.1, 0.15) is 5.82 Å². The molecule has 2 atom stereocenters. The maximum Gasteiger partial charge on any atom is 0.150 e. The van der Waals surface area contributed by atoms with Gasteiger partial charge in [-0.3, -0.25) is 0 Å². The smallest absolute Gasteiger partial charge is 0.150 e. The number of rotatable bonds is 3. The second-order valence-corrected chi connectivity index (χ2v) is 7.24. The SMILES string of the molecule is CNC(c1ccc(Cl)c(F)c1)C1CCS(=O)(=O)C1. The van der Waals surface area contributed by atoms with Gasteiger partial charge in [-0.15, -0.1) is 0 Å². The van der Waals surface area contributed by atoms with Crippen LogP contribution in [0.1, 0.15) is 18.0 Å². The second-order valence-electron chi connectivity index (χ2n) is 4.60. The summed E-state index contributed by atoms with van der Waals surface area (Å²) in [5.74, 6) is -0.120. The molecule has 1 aromatic carbocycles. The summed E-state index contributed by atoms with van der Waals surface area (Å²) in [4.78, 5) is 0. The van der Waals surface area contributed by atoms with Crippen LogP contribution in [0.25, 0.3) is 0 Å². The topological polar surface area (TPSA) is 46.2 Å². The van der Waals surface area contributed by atoms with Crippen molar-refractivity contribution in [2.24, 2.45) is 5.92 Å². The molecule has 1 heterocycles. The Hall–Kier alpha value is -0.650. The Balaban J connectivity index is 2.26. The Morgan fingerprint density at radius 3 is 2.72 bits per heavy atom. The highest BCUT2D eigenvalue weighted by Crippen LogP contribution is 2.32. The first kappa shape index (κ1) is 13.8. The standard InChI is InChI=1S/C12H15ClFNO2S/c1-15-12(9-4-5-18(16,17)7-9)8-2-3-10(13)11(14)6-8/h2-3,6,9,12,15H,4-5,7H2,1H3. The van der Waals surface area contributed by atoms with Gasteiger partial charge in [-0.2, -0.15) is 0 Å². The van der Waals surface area contributed by atoms with Crippen LogP contribution < -0.4 is 5.32 Å². The minimum Gasteiger partial charge on any atom is -0.313 e. The van der Waals surface area contributed by atoms with E-state index in [-0.39, 0.29) is 28.5 Å². The molecule has 2 rings (SSSR count). The van der Waals surface area contributed by atoms with Crippen molar-refractivity contribution in [2.75, 3.05) is 18.6 Å². The van der Waals surface area contributed by atoms with Crippen LogP contribution in [0.15, 0.2) is 18.2 Å². The van der Waals surface area contributed by atoms with E-state index in [1.54, 1.807) is 13.1 Å². The zero-order valence-electron chi connectivity index (χ0n) is 9.99. The van der Waals surface area contributed by atoms with E-state index in [0.717, 1.165) is 5.56 Å². The van der Waals surface area contributed by atoms with E-state index >= 15 is 0 Å². The number of benzene rings is 1. The van der Waals surface area contributed by atoms with Crippen LogP contribution in [0, 0.1) is 11.7 Å². The minimum atomic E-state index is -2.94. The van der Waals surface area contributed by atoms with Crippen LogP contribution in [0.5, 0.6) is 0 Å². The van der Waals surface area contributed by atoms with Crippen LogP contribution in [0.2, 0.25) is 5.02 Å². The average Bonchev–Trinajstić information content (AvgIpc) is 2.65. The number of hydrogen-bond donors (Lipinski definition) is 1. The Morgan fingerprint density at radius 2 is 2.22 bits per heavy atom. The van der Waals surface area contributed by atoms with Gasteiger partial charge in [0, 0.05) is 6.04 Å². The fourth-order valence-corrected chi connectivity index (χ4v) is 4.42. The quantitative estimate of drug-likeness (QED) is 0.928. The third-order valence-corrected chi connectivity index (χ3v) is 5.45. The number of sulfone groups is 1. The first-order chi connectivity index (χ1) is 8.43. The molecule has 2 unspecified atom stereocenters. The largest absolute Gasteiger partial charge is 0.313 e. The van der Waals surface area contributed by atoms with E-state index in [1.807, 2.05) is 0 Å². The van der Waals surface area contributed by atoms with Crippen molar-refractivity contribution >= 4 is 21.4 Å². The van der Waals surface area contributed by atoms with Gasteiger partial charge in [-0.25, -0.2) is 12.8 Å². The molecule has 0 aromatic heterocycles. The van der Waals surface area contributed by atoms with Crippen molar-refractivity contribution in [3.63, 3.8) is 0 Å². The number of hydrogen-bond acceptors (Lipinski definition) is 3. The lowest BCUT2D eigenvalue weighted by molar-refractivity contribution is 0.417. The molecule has 1 aliphatic rings. The first-order valence-electron chi connectivity index (χ1n) is 5.75. The summed E-state index contributed by atoms with van der Waals surface area (Å²) in [5, 5.41) is 3.15.